The monoisotopic (exact) mass is 1660 g/mol. The quantitative estimate of drug-likeness (QED) is 0.0711. The molecule has 2 aromatic heterocycles. The van der Waals surface area contributed by atoms with Crippen molar-refractivity contribution in [3.05, 3.63) is 516 Å². The van der Waals surface area contributed by atoms with Gasteiger partial charge in [-0.3, -0.25) is 0 Å². The van der Waals surface area contributed by atoms with Crippen molar-refractivity contribution in [3.8, 4) is 66.8 Å². The zero-order valence-electron chi connectivity index (χ0n) is 69.6. The highest BCUT2D eigenvalue weighted by atomic mass is 32.1. The summed E-state index contributed by atoms with van der Waals surface area (Å²) in [4.78, 5) is 11.6. The number of rotatable bonds is 21. The predicted molar refractivity (Wildman–Crippen MR) is 545 cm³/mol. The maximum absolute atomic E-state index is 2.36. The molecule has 0 N–H and O–H groups in total. The SMILES string of the molecule is c1ccc(-c2ccc(N(c3ccc(-c4ccccc4)cc3)c3ccc(-c4ccc(N(c5ccc(-c6ccccc6)cc5)c5ccc(-c6cccc7c6sc6ccccc67)cc5)cc4)cc3)cc2)cc1.c1ccc(N(c2ccccc2)c2ccc(N(c3ccc(-c4cccc5c4sc4ccccc45)cc3)c3ccc(N(c4ccccc4)c4ccccc4)cc3)cc2)cc1. The van der Waals surface area contributed by atoms with E-state index in [1.807, 2.05) is 22.7 Å². The number of benzene rings is 20. The van der Waals surface area contributed by atoms with Gasteiger partial charge in [0.1, 0.15) is 0 Å². The molecule has 22 rings (SSSR count). The Morgan fingerprint density at radius 3 is 0.488 bits per heavy atom. The number of hydrogen-bond donors (Lipinski definition) is 0. The molecule has 7 heteroatoms. The maximum atomic E-state index is 2.36. The fourth-order valence-corrected chi connectivity index (χ4v) is 20.0. The number of nitrogens with zero attached hydrogens (tertiary/aromatic N) is 5. The first kappa shape index (κ1) is 78.1. The van der Waals surface area contributed by atoms with Crippen molar-refractivity contribution >= 4 is 148 Å². The number of fused-ring (bicyclic) bond motifs is 6. The molecule has 0 aliphatic carbocycles. The minimum atomic E-state index is 1.07. The van der Waals surface area contributed by atoms with Crippen LogP contribution in [0.15, 0.2) is 516 Å². The molecule has 127 heavy (non-hydrogen) atoms. The van der Waals surface area contributed by atoms with E-state index in [2.05, 4.69) is 540 Å². The third-order valence-electron chi connectivity index (χ3n) is 23.8. The molecule has 0 unspecified atom stereocenters. The lowest BCUT2D eigenvalue weighted by molar-refractivity contribution is 1.24. The van der Waals surface area contributed by atoms with Crippen LogP contribution < -0.4 is 24.5 Å². The van der Waals surface area contributed by atoms with Gasteiger partial charge in [0.05, 0.1) is 0 Å². The standard InChI is InChI=1S/C66H46N2S.C54H39N3S/c1-4-13-47(14-5-1)50-23-35-56(36-24-50)67(57-37-25-51(26-38-57)48-15-6-2-7-16-48)59-41-29-53(30-42-59)54-31-43-60(44-32-54)68(58-39-27-52(28-40-58)49-17-8-3-9-18-49)61-45-33-55(34-46-61)62-20-12-21-64-63-19-10-11-22-65(63)69-66(62)64;1-5-16-41(17-6-1)55(42-18-7-2-8-19-42)46-32-36-48(37-33-46)57(49-38-34-47(35-39-49)56(43-20-9-3-10-21-43)44-22-11-4-12-23-44)45-30-28-40(29-31-45)50-25-15-26-52-51-24-13-14-27-53(51)58-54(50)52/h1-46H;1-39H. The topological polar surface area (TPSA) is 16.2 Å². The van der Waals surface area contributed by atoms with Gasteiger partial charge in [-0.15, -0.1) is 22.7 Å². The van der Waals surface area contributed by atoms with Crippen LogP contribution in [0.3, 0.4) is 0 Å². The maximum Gasteiger partial charge on any atom is 0.0463 e. The van der Waals surface area contributed by atoms with Crippen molar-refractivity contribution in [3.63, 3.8) is 0 Å². The molecule has 0 aliphatic heterocycles. The second-order valence-corrected chi connectivity index (χ2v) is 33.6. The predicted octanol–water partition coefficient (Wildman–Crippen LogP) is 35.5. The summed E-state index contributed by atoms with van der Waals surface area (Å²) in [7, 11) is 0. The fourth-order valence-electron chi connectivity index (χ4n) is 17.5. The highest BCUT2D eigenvalue weighted by Gasteiger charge is 2.23. The van der Waals surface area contributed by atoms with E-state index in [1.165, 1.54) is 96.0 Å². The molecule has 0 bridgehead atoms. The van der Waals surface area contributed by atoms with Crippen LogP contribution in [0.4, 0.5) is 85.3 Å². The van der Waals surface area contributed by atoms with Gasteiger partial charge < -0.3 is 24.5 Å². The largest absolute Gasteiger partial charge is 0.311 e. The average molecular weight is 1660 g/mol. The van der Waals surface area contributed by atoms with Crippen LogP contribution in [0.25, 0.3) is 107 Å². The van der Waals surface area contributed by atoms with Crippen LogP contribution in [0.2, 0.25) is 0 Å². The molecule has 0 radical (unpaired) electrons. The molecule has 20 aromatic carbocycles. The summed E-state index contributed by atoms with van der Waals surface area (Å²) in [6.45, 7) is 0. The molecule has 0 saturated carbocycles. The first-order chi connectivity index (χ1) is 63.0. The fraction of sp³-hybridized carbons (Fsp3) is 0. The molecule has 2 heterocycles. The lowest BCUT2D eigenvalue weighted by Gasteiger charge is -2.29. The first-order valence-electron chi connectivity index (χ1n) is 43.1. The van der Waals surface area contributed by atoms with Crippen molar-refractivity contribution in [1.82, 2.24) is 0 Å². The van der Waals surface area contributed by atoms with E-state index in [4.69, 9.17) is 0 Å². The molecule has 0 spiro atoms. The summed E-state index contributed by atoms with van der Waals surface area (Å²) in [5, 5.41) is 5.25. The van der Waals surface area contributed by atoms with Crippen molar-refractivity contribution in [2.45, 2.75) is 0 Å². The summed E-state index contributed by atoms with van der Waals surface area (Å²) in [6, 6.07) is 185. The first-order valence-corrected chi connectivity index (χ1v) is 44.7. The van der Waals surface area contributed by atoms with E-state index < -0.39 is 0 Å². The van der Waals surface area contributed by atoms with Gasteiger partial charge in [0, 0.05) is 126 Å². The summed E-state index contributed by atoms with van der Waals surface area (Å²) in [5.74, 6) is 0. The van der Waals surface area contributed by atoms with Crippen LogP contribution in [-0.2, 0) is 0 Å². The molecular formula is C120H85N5S2. The van der Waals surface area contributed by atoms with Crippen molar-refractivity contribution in [2.75, 3.05) is 24.5 Å². The Kier molecular flexibility index (Phi) is 22.0. The number of thiophene rings is 2. The van der Waals surface area contributed by atoms with Gasteiger partial charge in [-0.2, -0.15) is 0 Å². The average Bonchev–Trinajstić information content (AvgIpc) is 1.69. The van der Waals surface area contributed by atoms with Gasteiger partial charge >= 0.3 is 0 Å². The minimum Gasteiger partial charge on any atom is -0.311 e. The van der Waals surface area contributed by atoms with Crippen LogP contribution >= 0.6 is 22.7 Å². The minimum absolute atomic E-state index is 1.07. The molecular weight excluding hydrogens is 1580 g/mol. The zero-order chi connectivity index (χ0) is 84.6. The summed E-state index contributed by atoms with van der Waals surface area (Å²) < 4.78 is 5.28. The second-order valence-electron chi connectivity index (χ2n) is 31.5. The lowest BCUT2D eigenvalue weighted by atomic mass is 10.0. The second kappa shape index (κ2) is 35.7. The Balaban J connectivity index is 0.000000157. The van der Waals surface area contributed by atoms with Crippen molar-refractivity contribution in [2.24, 2.45) is 0 Å². The molecule has 0 saturated heterocycles. The van der Waals surface area contributed by atoms with Crippen LogP contribution in [0.1, 0.15) is 0 Å². The Labute approximate surface area is 749 Å². The van der Waals surface area contributed by atoms with Gasteiger partial charge in [-0.25, -0.2) is 0 Å². The summed E-state index contributed by atoms with van der Waals surface area (Å²) >= 11 is 3.74. The van der Waals surface area contributed by atoms with E-state index in [9.17, 15) is 0 Å². The van der Waals surface area contributed by atoms with E-state index in [-0.39, 0.29) is 0 Å². The van der Waals surface area contributed by atoms with Crippen LogP contribution in [-0.4, -0.2) is 0 Å². The molecule has 0 atom stereocenters. The van der Waals surface area contributed by atoms with E-state index in [1.54, 1.807) is 0 Å². The molecule has 22 aromatic rings. The molecule has 0 amide bonds. The Bertz CT molecular complexity index is 7170. The Morgan fingerprint density at radius 2 is 0.268 bits per heavy atom. The third kappa shape index (κ3) is 16.3. The molecule has 602 valence electrons. The highest BCUT2D eigenvalue weighted by molar-refractivity contribution is 7.26. The summed E-state index contributed by atoms with van der Waals surface area (Å²) in [6.07, 6.45) is 0. The van der Waals surface area contributed by atoms with Crippen LogP contribution in [0.5, 0.6) is 0 Å². The van der Waals surface area contributed by atoms with Gasteiger partial charge in [0.25, 0.3) is 0 Å². The summed E-state index contributed by atoms with van der Waals surface area (Å²) in [5.41, 5.74) is 30.8. The zero-order valence-corrected chi connectivity index (χ0v) is 71.3. The van der Waals surface area contributed by atoms with Crippen molar-refractivity contribution in [1.29, 1.82) is 0 Å². The van der Waals surface area contributed by atoms with E-state index in [0.29, 0.717) is 0 Å². The lowest BCUT2D eigenvalue weighted by Crippen LogP contribution is -2.13. The molecule has 0 aliphatic rings. The molecule has 5 nitrogen and oxygen atoms in total. The number of anilines is 15. The molecule has 0 fully saturated rings. The smallest absolute Gasteiger partial charge is 0.0463 e. The van der Waals surface area contributed by atoms with Gasteiger partial charge in [0.15, 0.2) is 0 Å². The number of hydrogen-bond acceptors (Lipinski definition) is 7. The van der Waals surface area contributed by atoms with E-state index in [0.717, 1.165) is 96.4 Å². The highest BCUT2D eigenvalue weighted by Crippen LogP contribution is 2.48. The van der Waals surface area contributed by atoms with E-state index >= 15 is 0 Å². The number of para-hydroxylation sites is 4. The van der Waals surface area contributed by atoms with Gasteiger partial charge in [-0.05, 0) is 261 Å². The normalized spacial score (nSPS) is 11.1. The Hall–Kier alpha value is -16.2. The van der Waals surface area contributed by atoms with Gasteiger partial charge in [0.2, 0.25) is 0 Å². The van der Waals surface area contributed by atoms with Gasteiger partial charge in [-0.1, -0.05) is 322 Å². The third-order valence-corrected chi connectivity index (χ3v) is 26.2. The Morgan fingerprint density at radius 1 is 0.110 bits per heavy atom. The van der Waals surface area contributed by atoms with Crippen LogP contribution in [0, 0.1) is 0 Å². The van der Waals surface area contributed by atoms with Crippen molar-refractivity contribution < 1.29 is 0 Å².